The van der Waals surface area contributed by atoms with Gasteiger partial charge in [0, 0.05) is 25.4 Å². The van der Waals surface area contributed by atoms with Crippen molar-refractivity contribution in [2.45, 2.75) is 6.10 Å². The van der Waals surface area contributed by atoms with Gasteiger partial charge in [0.25, 0.3) is 0 Å². The number of benzene rings is 1. The molecule has 10 heteroatoms. The van der Waals surface area contributed by atoms with Gasteiger partial charge in [-0.05, 0) is 24.3 Å². The highest BCUT2D eigenvalue weighted by Gasteiger charge is 2.23. The average molecular weight is 417 g/mol. The minimum atomic E-state index is -1.47. The van der Waals surface area contributed by atoms with Crippen molar-refractivity contribution in [3.63, 3.8) is 0 Å². The van der Waals surface area contributed by atoms with Gasteiger partial charge in [-0.15, -0.1) is 0 Å². The molecule has 1 aliphatic rings. The van der Waals surface area contributed by atoms with Gasteiger partial charge >= 0.3 is 5.97 Å². The summed E-state index contributed by atoms with van der Waals surface area (Å²) in [7, 11) is 0. The van der Waals surface area contributed by atoms with E-state index in [1.807, 2.05) is 4.90 Å². The second kappa shape index (κ2) is 7.81. The Morgan fingerprint density at radius 2 is 2.07 bits per heavy atom. The molecule has 0 radical (unpaired) electrons. The summed E-state index contributed by atoms with van der Waals surface area (Å²) in [6.07, 6.45) is 0.581. The molecule has 8 nitrogen and oxygen atoms in total. The topological polar surface area (TPSA) is 105 Å². The van der Waals surface area contributed by atoms with E-state index >= 15 is 0 Å². The molecule has 0 aliphatic carbocycles. The first kappa shape index (κ1) is 19.9. The standard InChI is InChI=1S/C20H17F2N3O5/c21-11-1-3-16(15(22)7-11)25-9-14(20(28)29)18(27)13-2-4-17(23-19(13)25)24-5-6-30-12(8-24)10-26/h1-4,7,9,12,26H,5-6,8,10H2,(H,28,29). The molecule has 3 heterocycles. The number of aliphatic hydroxyl groups excluding tert-OH is 1. The molecule has 1 saturated heterocycles. The Morgan fingerprint density at radius 3 is 2.77 bits per heavy atom. The molecule has 0 amide bonds. The molecule has 30 heavy (non-hydrogen) atoms. The van der Waals surface area contributed by atoms with Crippen molar-refractivity contribution < 1.29 is 28.5 Å². The summed E-state index contributed by atoms with van der Waals surface area (Å²) in [6.45, 7) is 1.04. The predicted molar refractivity (Wildman–Crippen MR) is 103 cm³/mol. The van der Waals surface area contributed by atoms with Crippen molar-refractivity contribution >= 4 is 22.8 Å². The van der Waals surface area contributed by atoms with Gasteiger partial charge in [-0.2, -0.15) is 0 Å². The normalized spacial score (nSPS) is 16.8. The number of anilines is 1. The van der Waals surface area contributed by atoms with Crippen LogP contribution in [0, 0.1) is 11.6 Å². The third-order valence-corrected chi connectivity index (χ3v) is 4.90. The number of nitrogens with zero attached hydrogens (tertiary/aromatic N) is 3. The molecule has 1 unspecified atom stereocenters. The number of carboxylic acid groups (broad SMARTS) is 1. The third-order valence-electron chi connectivity index (χ3n) is 4.90. The number of aromatic carboxylic acids is 1. The molecule has 4 rings (SSSR count). The lowest BCUT2D eigenvalue weighted by atomic mass is 10.1. The molecule has 3 aromatic rings. The maximum absolute atomic E-state index is 14.5. The summed E-state index contributed by atoms with van der Waals surface area (Å²) in [5, 5.41) is 18.7. The number of aliphatic hydroxyl groups is 1. The molecule has 2 N–H and O–H groups in total. The first-order valence-electron chi connectivity index (χ1n) is 9.11. The average Bonchev–Trinajstić information content (AvgIpc) is 2.74. The second-order valence-corrected chi connectivity index (χ2v) is 6.80. The zero-order chi connectivity index (χ0) is 21.4. The smallest absolute Gasteiger partial charge is 0.341 e. The largest absolute Gasteiger partial charge is 0.477 e. The van der Waals surface area contributed by atoms with E-state index < -0.39 is 34.7 Å². The van der Waals surface area contributed by atoms with Crippen LogP contribution < -0.4 is 10.3 Å². The number of halogens is 2. The van der Waals surface area contributed by atoms with Gasteiger partial charge in [0.05, 0.1) is 30.4 Å². The zero-order valence-corrected chi connectivity index (χ0v) is 15.6. The van der Waals surface area contributed by atoms with Gasteiger partial charge in [-0.25, -0.2) is 18.6 Å². The summed E-state index contributed by atoms with van der Waals surface area (Å²) >= 11 is 0. The monoisotopic (exact) mass is 417 g/mol. The second-order valence-electron chi connectivity index (χ2n) is 6.80. The van der Waals surface area contributed by atoms with Crippen LogP contribution in [0.1, 0.15) is 10.4 Å². The van der Waals surface area contributed by atoms with E-state index in [-0.39, 0.29) is 23.3 Å². The molecule has 156 valence electrons. The number of rotatable bonds is 4. The summed E-state index contributed by atoms with van der Waals surface area (Å²) in [5.74, 6) is -2.75. The van der Waals surface area contributed by atoms with Crippen LogP contribution in [0.3, 0.4) is 0 Å². The molecule has 1 aliphatic heterocycles. The number of fused-ring (bicyclic) bond motifs is 1. The van der Waals surface area contributed by atoms with Crippen molar-refractivity contribution in [1.82, 2.24) is 9.55 Å². The number of carboxylic acids is 1. The highest BCUT2D eigenvalue weighted by molar-refractivity contribution is 5.92. The van der Waals surface area contributed by atoms with Gasteiger partial charge in [0.15, 0.2) is 5.65 Å². The third kappa shape index (κ3) is 3.51. The number of carbonyl (C=O) groups is 1. The van der Waals surface area contributed by atoms with E-state index in [0.717, 1.165) is 22.9 Å². The van der Waals surface area contributed by atoms with Crippen molar-refractivity contribution in [2.75, 3.05) is 31.2 Å². The van der Waals surface area contributed by atoms with Crippen LogP contribution in [0.4, 0.5) is 14.6 Å². The molecule has 1 aromatic carbocycles. The summed E-state index contributed by atoms with van der Waals surface area (Å²) in [6, 6.07) is 5.82. The van der Waals surface area contributed by atoms with Crippen molar-refractivity contribution in [1.29, 1.82) is 0 Å². The van der Waals surface area contributed by atoms with E-state index in [0.29, 0.717) is 31.6 Å². The number of morpholine rings is 1. The van der Waals surface area contributed by atoms with Crippen molar-refractivity contribution in [2.24, 2.45) is 0 Å². The van der Waals surface area contributed by atoms with Crippen LogP contribution >= 0.6 is 0 Å². The maximum atomic E-state index is 14.5. The lowest BCUT2D eigenvalue weighted by Crippen LogP contribution is -2.44. The lowest BCUT2D eigenvalue weighted by Gasteiger charge is -2.33. The SMILES string of the molecule is O=C(O)c1cn(-c2ccc(F)cc2F)c2nc(N3CCOC(CO)C3)ccc2c1=O. The summed E-state index contributed by atoms with van der Waals surface area (Å²) < 4.78 is 34.4. The van der Waals surface area contributed by atoms with Gasteiger partial charge in [-0.3, -0.25) is 9.36 Å². The van der Waals surface area contributed by atoms with E-state index in [4.69, 9.17) is 4.74 Å². The van der Waals surface area contributed by atoms with Crippen LogP contribution in [0.5, 0.6) is 0 Å². The Hall–Kier alpha value is -3.37. The highest BCUT2D eigenvalue weighted by Crippen LogP contribution is 2.23. The van der Waals surface area contributed by atoms with Gasteiger partial charge in [-0.1, -0.05) is 0 Å². The number of hydrogen-bond acceptors (Lipinski definition) is 6. The van der Waals surface area contributed by atoms with Gasteiger partial charge < -0.3 is 19.8 Å². The zero-order valence-electron chi connectivity index (χ0n) is 15.6. The van der Waals surface area contributed by atoms with E-state index in [2.05, 4.69) is 4.98 Å². The summed E-state index contributed by atoms with van der Waals surface area (Å²) in [5.41, 5.74) is -1.44. The van der Waals surface area contributed by atoms with Crippen LogP contribution in [-0.2, 0) is 4.74 Å². The molecule has 1 atom stereocenters. The predicted octanol–water partition coefficient (Wildman–Crippen LogP) is 1.56. The lowest BCUT2D eigenvalue weighted by molar-refractivity contribution is 0.00337. The van der Waals surface area contributed by atoms with E-state index in [1.165, 1.54) is 6.07 Å². The van der Waals surface area contributed by atoms with Crippen molar-refractivity contribution in [3.8, 4) is 5.69 Å². The molecule has 0 bridgehead atoms. The fourth-order valence-corrected chi connectivity index (χ4v) is 3.42. The Morgan fingerprint density at radius 1 is 1.27 bits per heavy atom. The Labute approximate surface area is 168 Å². The van der Waals surface area contributed by atoms with Gasteiger partial charge in [0.2, 0.25) is 5.43 Å². The number of aromatic nitrogens is 2. The quantitative estimate of drug-likeness (QED) is 0.664. The molecule has 0 saturated carbocycles. The first-order chi connectivity index (χ1) is 14.4. The van der Waals surface area contributed by atoms with E-state index in [9.17, 15) is 28.6 Å². The molecule has 0 spiro atoms. The number of pyridine rings is 2. The van der Waals surface area contributed by atoms with Crippen molar-refractivity contribution in [3.05, 3.63) is 63.9 Å². The van der Waals surface area contributed by atoms with Crippen LogP contribution in [0.2, 0.25) is 0 Å². The first-order valence-corrected chi connectivity index (χ1v) is 9.11. The number of hydrogen-bond donors (Lipinski definition) is 2. The Bertz CT molecular complexity index is 1200. The Kier molecular flexibility index (Phi) is 5.18. The Balaban J connectivity index is 1.94. The van der Waals surface area contributed by atoms with E-state index in [1.54, 1.807) is 6.07 Å². The summed E-state index contributed by atoms with van der Waals surface area (Å²) in [4.78, 5) is 30.5. The molecule has 1 fully saturated rings. The highest BCUT2D eigenvalue weighted by atomic mass is 19.1. The fourth-order valence-electron chi connectivity index (χ4n) is 3.42. The molecular weight excluding hydrogens is 400 g/mol. The minimum Gasteiger partial charge on any atom is -0.477 e. The maximum Gasteiger partial charge on any atom is 0.341 e. The van der Waals surface area contributed by atoms with Crippen LogP contribution in [0.15, 0.2) is 41.3 Å². The van der Waals surface area contributed by atoms with Crippen LogP contribution in [0.25, 0.3) is 16.7 Å². The molecular formula is C20H17F2N3O5. The van der Waals surface area contributed by atoms with Gasteiger partial charge in [0.1, 0.15) is 23.0 Å². The minimum absolute atomic E-state index is 0.0191. The van der Waals surface area contributed by atoms with Crippen LogP contribution in [-0.4, -0.2) is 58.1 Å². The number of ether oxygens (including phenoxy) is 1. The molecule has 2 aromatic heterocycles. The fraction of sp³-hybridized carbons (Fsp3) is 0.250.